The summed E-state index contributed by atoms with van der Waals surface area (Å²) in [5, 5.41) is 27.4. The lowest BCUT2D eigenvalue weighted by molar-refractivity contribution is -0.492. The summed E-state index contributed by atoms with van der Waals surface area (Å²) in [5.74, 6) is -0.791. The number of nitrogens with one attached hydrogen (secondary N) is 1. The van der Waals surface area contributed by atoms with Gasteiger partial charge in [0, 0.05) is 0 Å². The van der Waals surface area contributed by atoms with Crippen LogP contribution in [0.1, 0.15) is 33.6 Å². The van der Waals surface area contributed by atoms with E-state index >= 15 is 0 Å². The van der Waals surface area contributed by atoms with Gasteiger partial charge in [-0.15, -0.1) is 0 Å². The molecule has 0 bridgehead atoms. The highest BCUT2D eigenvalue weighted by Gasteiger charge is 2.24. The number of nitrogens with zero attached hydrogens (tertiary/aromatic N) is 1. The van der Waals surface area contributed by atoms with Crippen molar-refractivity contribution < 1.29 is 39.4 Å². The molecular formula is C12H24N2O8. The van der Waals surface area contributed by atoms with E-state index in [-0.39, 0.29) is 13.2 Å². The second-order valence-electron chi connectivity index (χ2n) is 5.34. The van der Waals surface area contributed by atoms with Crippen LogP contribution in [0.3, 0.4) is 0 Å². The van der Waals surface area contributed by atoms with E-state index in [0.29, 0.717) is 12.8 Å². The first-order valence-electron chi connectivity index (χ1n) is 6.73. The first-order chi connectivity index (χ1) is 10.2. The first-order valence-corrected chi connectivity index (χ1v) is 6.73. The lowest BCUT2D eigenvalue weighted by Gasteiger charge is -2.22. The lowest BCUT2D eigenvalue weighted by Crippen LogP contribution is -2.46. The monoisotopic (exact) mass is 324 g/mol. The number of hydrogen-bond acceptors (Lipinski definition) is 9. The number of aliphatic hydroxyl groups excluding tert-OH is 1. The number of carbonyl (C=O) groups is 2. The minimum Gasteiger partial charge on any atom is -0.464 e. The SMILES string of the molecule is CC(C)(C)OC(=O)NC(CO)C(=O)OCCCCON(O)O. The van der Waals surface area contributed by atoms with E-state index in [0.717, 1.165) is 0 Å². The normalized spacial score (nSPS) is 12.9. The Labute approximate surface area is 128 Å². The van der Waals surface area contributed by atoms with Gasteiger partial charge in [0.1, 0.15) is 5.60 Å². The fourth-order valence-corrected chi connectivity index (χ4v) is 1.25. The summed E-state index contributed by atoms with van der Waals surface area (Å²) < 4.78 is 9.83. The summed E-state index contributed by atoms with van der Waals surface area (Å²) in [7, 11) is 0. The van der Waals surface area contributed by atoms with Crippen molar-refractivity contribution in [3.05, 3.63) is 0 Å². The van der Waals surface area contributed by atoms with Crippen molar-refractivity contribution in [1.82, 2.24) is 10.7 Å². The van der Waals surface area contributed by atoms with Crippen molar-refractivity contribution in [3.63, 3.8) is 0 Å². The Hall–Kier alpha value is -1.46. The van der Waals surface area contributed by atoms with Crippen LogP contribution in [0.15, 0.2) is 0 Å². The molecule has 0 fully saturated rings. The summed E-state index contributed by atoms with van der Waals surface area (Å²) in [5.41, 5.74) is -0.721. The topological polar surface area (TPSA) is 138 Å². The fraction of sp³-hybridized carbons (Fsp3) is 0.833. The van der Waals surface area contributed by atoms with Crippen LogP contribution in [0.25, 0.3) is 0 Å². The summed E-state index contributed by atoms with van der Waals surface area (Å²) in [6.07, 6.45) is -0.0129. The van der Waals surface area contributed by atoms with Crippen molar-refractivity contribution in [1.29, 1.82) is 0 Å². The van der Waals surface area contributed by atoms with Crippen molar-refractivity contribution in [2.24, 2.45) is 0 Å². The molecule has 22 heavy (non-hydrogen) atoms. The molecule has 1 atom stereocenters. The summed E-state index contributed by atoms with van der Waals surface area (Å²) in [6, 6.07) is -1.21. The van der Waals surface area contributed by atoms with Crippen molar-refractivity contribution in [2.45, 2.75) is 45.3 Å². The van der Waals surface area contributed by atoms with Crippen LogP contribution in [0, 0.1) is 0 Å². The molecule has 0 aromatic heterocycles. The number of hydrogen-bond donors (Lipinski definition) is 4. The zero-order valence-electron chi connectivity index (χ0n) is 12.9. The van der Waals surface area contributed by atoms with Crippen molar-refractivity contribution in [3.8, 4) is 0 Å². The molecular weight excluding hydrogens is 300 g/mol. The van der Waals surface area contributed by atoms with Gasteiger partial charge in [-0.25, -0.2) is 9.59 Å². The Morgan fingerprint density at radius 2 is 1.77 bits per heavy atom. The highest BCUT2D eigenvalue weighted by Crippen LogP contribution is 2.07. The predicted molar refractivity (Wildman–Crippen MR) is 71.8 cm³/mol. The van der Waals surface area contributed by atoms with Crippen LogP contribution < -0.4 is 5.32 Å². The standard InChI is InChI=1S/C12H24N2O8/c1-12(2,3)22-11(17)13-9(8-15)10(16)20-6-4-5-7-21-14(18)19/h9,15,18-19H,4-8H2,1-3H3,(H,13,17). The molecule has 1 unspecified atom stereocenters. The van der Waals surface area contributed by atoms with Gasteiger partial charge in [0.05, 0.1) is 25.2 Å². The van der Waals surface area contributed by atoms with Gasteiger partial charge in [-0.05, 0) is 33.6 Å². The molecule has 0 saturated carbocycles. The average Bonchev–Trinajstić information content (AvgIpc) is 2.37. The Kier molecular flexibility index (Phi) is 9.61. The number of rotatable bonds is 9. The third-order valence-corrected chi connectivity index (χ3v) is 2.15. The molecule has 0 heterocycles. The van der Waals surface area contributed by atoms with E-state index in [1.807, 2.05) is 0 Å². The Bertz CT molecular complexity index is 343. The number of esters is 1. The van der Waals surface area contributed by atoms with E-state index in [2.05, 4.69) is 10.2 Å². The third-order valence-electron chi connectivity index (χ3n) is 2.15. The van der Waals surface area contributed by atoms with Gasteiger partial charge >= 0.3 is 12.1 Å². The fourth-order valence-electron chi connectivity index (χ4n) is 1.25. The van der Waals surface area contributed by atoms with E-state index in [4.69, 9.17) is 25.0 Å². The number of carbonyl (C=O) groups excluding carboxylic acids is 2. The van der Waals surface area contributed by atoms with Crippen LogP contribution in [0.5, 0.6) is 0 Å². The highest BCUT2D eigenvalue weighted by atomic mass is 17.1. The Morgan fingerprint density at radius 1 is 1.18 bits per heavy atom. The zero-order valence-corrected chi connectivity index (χ0v) is 12.9. The van der Waals surface area contributed by atoms with Gasteiger partial charge < -0.3 is 19.9 Å². The minimum atomic E-state index is -1.21. The second kappa shape index (κ2) is 10.3. The van der Waals surface area contributed by atoms with E-state index in [1.54, 1.807) is 20.8 Å². The van der Waals surface area contributed by atoms with Crippen LogP contribution in [-0.4, -0.2) is 64.4 Å². The molecule has 10 nitrogen and oxygen atoms in total. The third kappa shape index (κ3) is 11.2. The molecule has 1 amide bonds. The molecule has 4 N–H and O–H groups in total. The summed E-state index contributed by atoms with van der Waals surface area (Å²) >= 11 is 0. The lowest BCUT2D eigenvalue weighted by atomic mass is 10.2. The smallest absolute Gasteiger partial charge is 0.408 e. The maximum atomic E-state index is 11.6. The number of unbranched alkanes of at least 4 members (excludes halogenated alkanes) is 1. The summed E-state index contributed by atoms with van der Waals surface area (Å²) in [4.78, 5) is 27.4. The van der Waals surface area contributed by atoms with Crippen LogP contribution in [0.4, 0.5) is 4.79 Å². The van der Waals surface area contributed by atoms with Gasteiger partial charge in [0.2, 0.25) is 0 Å². The highest BCUT2D eigenvalue weighted by molar-refractivity contribution is 5.81. The molecule has 0 radical (unpaired) electrons. The molecule has 0 spiro atoms. The van der Waals surface area contributed by atoms with Crippen LogP contribution in [-0.2, 0) is 19.1 Å². The van der Waals surface area contributed by atoms with Crippen LogP contribution in [0.2, 0.25) is 0 Å². The molecule has 0 saturated heterocycles. The molecule has 0 aliphatic rings. The number of amides is 1. The van der Waals surface area contributed by atoms with E-state index in [1.165, 1.54) is 0 Å². The Morgan fingerprint density at radius 3 is 2.27 bits per heavy atom. The maximum Gasteiger partial charge on any atom is 0.408 e. The molecule has 0 rings (SSSR count). The maximum absolute atomic E-state index is 11.6. The second-order valence-corrected chi connectivity index (χ2v) is 5.34. The van der Waals surface area contributed by atoms with Crippen LogP contribution >= 0.6 is 0 Å². The summed E-state index contributed by atoms with van der Waals surface area (Å²) in [6.45, 7) is 4.45. The van der Waals surface area contributed by atoms with Crippen molar-refractivity contribution in [2.75, 3.05) is 19.8 Å². The Balaban J connectivity index is 3.97. The van der Waals surface area contributed by atoms with E-state index in [9.17, 15) is 9.59 Å². The molecule has 0 aliphatic carbocycles. The van der Waals surface area contributed by atoms with Gasteiger partial charge in [0.25, 0.3) is 0 Å². The number of alkyl carbamates (subject to hydrolysis) is 1. The van der Waals surface area contributed by atoms with Gasteiger partial charge in [-0.3, -0.25) is 15.3 Å². The molecule has 130 valence electrons. The largest absolute Gasteiger partial charge is 0.464 e. The minimum absolute atomic E-state index is 0.0319. The molecule has 0 aliphatic heterocycles. The van der Waals surface area contributed by atoms with E-state index < -0.39 is 35.7 Å². The average molecular weight is 324 g/mol. The predicted octanol–water partition coefficient (Wildman–Crippen LogP) is 0.207. The number of aliphatic hydroxyl groups is 1. The number of ether oxygens (including phenoxy) is 2. The first kappa shape index (κ1) is 20.5. The van der Waals surface area contributed by atoms with Crippen molar-refractivity contribution >= 4 is 12.1 Å². The molecule has 0 aromatic rings. The molecule has 10 heteroatoms. The molecule has 0 aromatic carbocycles. The quantitative estimate of drug-likeness (QED) is 0.266. The van der Waals surface area contributed by atoms with Gasteiger partial charge in [-0.1, -0.05) is 0 Å². The van der Waals surface area contributed by atoms with Gasteiger partial charge in [-0.2, -0.15) is 0 Å². The zero-order chi connectivity index (χ0) is 17.2. The van der Waals surface area contributed by atoms with Gasteiger partial charge in [0.15, 0.2) is 6.04 Å².